The summed E-state index contributed by atoms with van der Waals surface area (Å²) in [5, 5.41) is 13.1. The molecule has 0 aromatic carbocycles. The van der Waals surface area contributed by atoms with Gasteiger partial charge in [-0.15, -0.1) is 11.3 Å². The summed E-state index contributed by atoms with van der Waals surface area (Å²) < 4.78 is 0. The van der Waals surface area contributed by atoms with Crippen LogP contribution in [0, 0.1) is 5.92 Å². The van der Waals surface area contributed by atoms with Gasteiger partial charge in [-0.3, -0.25) is 9.59 Å². The summed E-state index contributed by atoms with van der Waals surface area (Å²) >= 11 is 1.60. The van der Waals surface area contributed by atoms with Crippen LogP contribution in [0.2, 0.25) is 0 Å². The van der Waals surface area contributed by atoms with Crippen molar-refractivity contribution in [1.29, 1.82) is 0 Å². The molecule has 1 heterocycles. The second-order valence-electron chi connectivity index (χ2n) is 3.75. The highest BCUT2D eigenvalue weighted by Crippen LogP contribution is 2.14. The summed E-state index contributed by atoms with van der Waals surface area (Å²) in [6, 6.07) is 3.07. The Bertz CT molecular complexity index is 361. The van der Waals surface area contributed by atoms with Gasteiger partial charge in [0.05, 0.1) is 0 Å². The number of thiophene rings is 1. The van der Waals surface area contributed by atoms with Crippen LogP contribution < -0.4 is 5.32 Å². The molecule has 2 atom stereocenters. The van der Waals surface area contributed by atoms with Crippen molar-refractivity contribution in [3.05, 3.63) is 22.4 Å². The van der Waals surface area contributed by atoms with Crippen molar-refractivity contribution in [2.45, 2.75) is 26.3 Å². The van der Waals surface area contributed by atoms with Crippen LogP contribution in [0.5, 0.6) is 0 Å². The Morgan fingerprint density at radius 1 is 1.50 bits per heavy atom. The molecule has 2 N–H and O–H groups in total. The maximum absolute atomic E-state index is 11.6. The Morgan fingerprint density at radius 3 is 2.69 bits per heavy atom. The van der Waals surface area contributed by atoms with Gasteiger partial charge in [0.2, 0.25) is 5.91 Å². The molecule has 5 heteroatoms. The van der Waals surface area contributed by atoms with Crippen molar-refractivity contribution >= 4 is 23.2 Å². The molecule has 1 unspecified atom stereocenters. The van der Waals surface area contributed by atoms with Gasteiger partial charge in [0.15, 0.2) is 0 Å². The molecule has 88 valence electrons. The van der Waals surface area contributed by atoms with E-state index in [1.807, 2.05) is 17.5 Å². The van der Waals surface area contributed by atoms with Crippen LogP contribution in [0.15, 0.2) is 17.5 Å². The molecule has 0 radical (unpaired) electrons. The molecular formula is C11H15NO3S. The molecule has 0 aliphatic heterocycles. The Balaban J connectivity index is 2.45. The first-order valence-corrected chi connectivity index (χ1v) is 5.94. The van der Waals surface area contributed by atoms with Gasteiger partial charge in [-0.05, 0) is 24.8 Å². The number of aliphatic carboxylic acids is 1. The topological polar surface area (TPSA) is 66.4 Å². The van der Waals surface area contributed by atoms with E-state index in [0.717, 1.165) is 4.88 Å². The fourth-order valence-corrected chi connectivity index (χ4v) is 2.08. The average molecular weight is 241 g/mol. The summed E-state index contributed by atoms with van der Waals surface area (Å²) in [6.45, 7) is 3.25. The lowest BCUT2D eigenvalue weighted by Crippen LogP contribution is -2.41. The van der Waals surface area contributed by atoms with Crippen molar-refractivity contribution in [2.24, 2.45) is 5.92 Å². The molecule has 0 aliphatic carbocycles. The molecule has 0 bridgehead atoms. The van der Waals surface area contributed by atoms with Gasteiger partial charge in [0.1, 0.15) is 6.04 Å². The Labute approximate surface area is 98.3 Å². The SMILES string of the molecule is CC(Cc1cccs1)C(=O)N[C@@H](C)C(=O)O. The Hall–Kier alpha value is -1.36. The standard InChI is InChI=1S/C11H15NO3S/c1-7(6-9-4-3-5-16-9)10(13)12-8(2)11(14)15/h3-5,7-8H,6H2,1-2H3,(H,12,13)(H,14,15)/t7?,8-/m0/s1. The van der Waals surface area contributed by atoms with E-state index < -0.39 is 12.0 Å². The minimum atomic E-state index is -1.02. The van der Waals surface area contributed by atoms with E-state index in [2.05, 4.69) is 5.32 Å². The first-order chi connectivity index (χ1) is 7.50. The minimum absolute atomic E-state index is 0.208. The van der Waals surface area contributed by atoms with Gasteiger partial charge in [-0.25, -0.2) is 0 Å². The van der Waals surface area contributed by atoms with Crippen LogP contribution in [-0.4, -0.2) is 23.0 Å². The van der Waals surface area contributed by atoms with Gasteiger partial charge >= 0.3 is 5.97 Å². The third-order valence-electron chi connectivity index (χ3n) is 2.26. The lowest BCUT2D eigenvalue weighted by molar-refractivity contribution is -0.141. The maximum Gasteiger partial charge on any atom is 0.325 e. The zero-order valence-electron chi connectivity index (χ0n) is 9.27. The van der Waals surface area contributed by atoms with E-state index in [9.17, 15) is 9.59 Å². The molecule has 1 rings (SSSR count). The van der Waals surface area contributed by atoms with Crippen LogP contribution in [0.3, 0.4) is 0 Å². The van der Waals surface area contributed by atoms with E-state index in [1.54, 1.807) is 18.3 Å². The third-order valence-corrected chi connectivity index (χ3v) is 3.16. The van der Waals surface area contributed by atoms with Crippen LogP contribution in [0.25, 0.3) is 0 Å². The van der Waals surface area contributed by atoms with E-state index in [-0.39, 0.29) is 11.8 Å². The highest BCUT2D eigenvalue weighted by Gasteiger charge is 2.19. The first kappa shape index (κ1) is 12.7. The molecule has 0 aliphatic rings. The molecule has 4 nitrogen and oxygen atoms in total. The number of rotatable bonds is 5. The second-order valence-corrected chi connectivity index (χ2v) is 4.79. The number of hydrogen-bond acceptors (Lipinski definition) is 3. The molecule has 0 spiro atoms. The van der Waals surface area contributed by atoms with Gasteiger partial charge in [0.25, 0.3) is 0 Å². The lowest BCUT2D eigenvalue weighted by atomic mass is 10.1. The van der Waals surface area contributed by atoms with Gasteiger partial charge < -0.3 is 10.4 Å². The number of carboxylic acids is 1. The smallest absolute Gasteiger partial charge is 0.325 e. The average Bonchev–Trinajstić information content (AvgIpc) is 2.69. The minimum Gasteiger partial charge on any atom is -0.480 e. The second kappa shape index (κ2) is 5.65. The van der Waals surface area contributed by atoms with E-state index >= 15 is 0 Å². The molecule has 16 heavy (non-hydrogen) atoms. The van der Waals surface area contributed by atoms with Crippen molar-refractivity contribution in [3.8, 4) is 0 Å². The van der Waals surface area contributed by atoms with Gasteiger partial charge in [-0.1, -0.05) is 13.0 Å². The maximum atomic E-state index is 11.6. The normalized spacial score (nSPS) is 14.1. The Morgan fingerprint density at radius 2 is 2.19 bits per heavy atom. The van der Waals surface area contributed by atoms with Gasteiger partial charge in [0, 0.05) is 10.8 Å². The summed E-state index contributed by atoms with van der Waals surface area (Å²) in [4.78, 5) is 23.3. The first-order valence-electron chi connectivity index (χ1n) is 5.06. The number of carbonyl (C=O) groups is 2. The highest BCUT2D eigenvalue weighted by atomic mass is 32.1. The van der Waals surface area contributed by atoms with E-state index in [1.165, 1.54) is 6.92 Å². The molecule has 1 amide bonds. The summed E-state index contributed by atoms with van der Waals surface area (Å²) in [5.41, 5.74) is 0. The van der Waals surface area contributed by atoms with Crippen LogP contribution in [-0.2, 0) is 16.0 Å². The number of amides is 1. The zero-order valence-corrected chi connectivity index (χ0v) is 10.1. The third kappa shape index (κ3) is 3.66. The van der Waals surface area contributed by atoms with E-state index in [0.29, 0.717) is 6.42 Å². The van der Waals surface area contributed by atoms with Crippen molar-refractivity contribution in [3.63, 3.8) is 0 Å². The molecule has 0 saturated carbocycles. The highest BCUT2D eigenvalue weighted by molar-refractivity contribution is 7.09. The predicted octanol–water partition coefficient (Wildman–Crippen LogP) is 1.52. The number of nitrogens with one attached hydrogen (secondary N) is 1. The summed E-state index contributed by atoms with van der Waals surface area (Å²) in [6.07, 6.45) is 0.649. The van der Waals surface area contributed by atoms with Crippen molar-refractivity contribution in [2.75, 3.05) is 0 Å². The van der Waals surface area contributed by atoms with Crippen LogP contribution >= 0.6 is 11.3 Å². The predicted molar refractivity (Wildman–Crippen MR) is 62.4 cm³/mol. The molecule has 1 aromatic heterocycles. The fourth-order valence-electron chi connectivity index (χ4n) is 1.24. The molecule has 0 saturated heterocycles. The number of carboxylic acid groups (broad SMARTS) is 1. The van der Waals surface area contributed by atoms with Crippen LogP contribution in [0.4, 0.5) is 0 Å². The number of hydrogen-bond donors (Lipinski definition) is 2. The van der Waals surface area contributed by atoms with E-state index in [4.69, 9.17) is 5.11 Å². The Kier molecular flexibility index (Phi) is 4.49. The lowest BCUT2D eigenvalue weighted by Gasteiger charge is -2.13. The summed E-state index contributed by atoms with van der Waals surface area (Å²) in [5.74, 6) is -1.44. The van der Waals surface area contributed by atoms with Gasteiger partial charge in [-0.2, -0.15) is 0 Å². The number of carbonyl (C=O) groups excluding carboxylic acids is 1. The monoisotopic (exact) mass is 241 g/mol. The quantitative estimate of drug-likeness (QED) is 0.821. The zero-order chi connectivity index (χ0) is 12.1. The fraction of sp³-hybridized carbons (Fsp3) is 0.455. The van der Waals surface area contributed by atoms with Crippen molar-refractivity contribution < 1.29 is 14.7 Å². The summed E-state index contributed by atoms with van der Waals surface area (Å²) in [7, 11) is 0. The van der Waals surface area contributed by atoms with Crippen LogP contribution in [0.1, 0.15) is 18.7 Å². The van der Waals surface area contributed by atoms with Crippen molar-refractivity contribution in [1.82, 2.24) is 5.32 Å². The molecule has 1 aromatic rings. The largest absolute Gasteiger partial charge is 0.480 e. The molecular weight excluding hydrogens is 226 g/mol. The molecule has 0 fully saturated rings.